The fourth-order valence-electron chi connectivity index (χ4n) is 0. The van der Waals surface area contributed by atoms with E-state index in [0.717, 1.165) is 0 Å². The Kier molecular flexibility index (Phi) is 633. The van der Waals surface area contributed by atoms with Gasteiger partial charge in [0.2, 0.25) is 0 Å². The van der Waals surface area contributed by atoms with Crippen LogP contribution >= 0.6 is 0 Å². The van der Waals surface area contributed by atoms with Crippen LogP contribution in [0.25, 0.3) is 0 Å². The van der Waals surface area contributed by atoms with Crippen molar-refractivity contribution < 1.29 is 21.1 Å². The largest absolute Gasteiger partial charge is 3.00 e. The van der Waals surface area contributed by atoms with Crippen LogP contribution in [-0.2, 0) is 21.1 Å². The molecule has 0 saturated carbocycles. The standard InChI is InChI=1S/3CN.Mo/c3*1-2;/q3*-1;+3. The fraction of sp³-hybridized carbons (Fsp3) is 0. The van der Waals surface area contributed by atoms with Crippen molar-refractivity contribution in [2.24, 2.45) is 0 Å². The molecule has 7 heavy (non-hydrogen) atoms. The number of hydrogen-bond acceptors (Lipinski definition) is 3. The fourth-order valence-corrected chi connectivity index (χ4v) is 0. The van der Waals surface area contributed by atoms with Crippen molar-refractivity contribution in [1.82, 2.24) is 0 Å². The van der Waals surface area contributed by atoms with Crippen LogP contribution in [0.2, 0.25) is 0 Å². The second kappa shape index (κ2) is 126. The predicted molar refractivity (Wildman–Crippen MR) is 14.9 cm³/mol. The van der Waals surface area contributed by atoms with Gasteiger partial charge in [0, 0.05) is 0 Å². The summed E-state index contributed by atoms with van der Waals surface area (Å²) in [4.78, 5) is 0. The summed E-state index contributed by atoms with van der Waals surface area (Å²) in [5, 5.41) is 18.8. The number of nitrogens with zero attached hydrogens (tertiary/aromatic N) is 3. The Morgan fingerprint density at radius 3 is 0.571 bits per heavy atom. The zero-order chi connectivity index (χ0) is 6.00. The number of hydrogen-bond donors (Lipinski definition) is 0. The van der Waals surface area contributed by atoms with Crippen molar-refractivity contribution in [3.05, 3.63) is 19.7 Å². The summed E-state index contributed by atoms with van der Waals surface area (Å²) in [6, 6.07) is 0. The molecule has 0 atom stereocenters. The monoisotopic (exact) mass is 176 g/mol. The molecule has 1 radical (unpaired) electrons. The van der Waals surface area contributed by atoms with Gasteiger partial charge in [0.05, 0.1) is 0 Å². The van der Waals surface area contributed by atoms with Crippen LogP contribution in [0, 0.1) is 35.5 Å². The molecule has 0 aliphatic rings. The van der Waals surface area contributed by atoms with Gasteiger partial charge in [-0.1, -0.05) is 0 Å². The molecule has 0 amide bonds. The third kappa shape index (κ3) is 72.6. The minimum atomic E-state index is 0. The molecule has 0 rings (SSSR count). The predicted octanol–water partition coefficient (Wildman–Crippen LogP) is 0.287. The summed E-state index contributed by atoms with van der Waals surface area (Å²) in [6.45, 7) is 14.2. The van der Waals surface area contributed by atoms with Gasteiger partial charge in [-0.2, -0.15) is 0 Å². The molecule has 0 fully saturated rings. The van der Waals surface area contributed by atoms with Gasteiger partial charge >= 0.3 is 21.1 Å². The van der Waals surface area contributed by atoms with E-state index in [2.05, 4.69) is 0 Å². The molecule has 0 aliphatic heterocycles. The second-order valence-corrected chi connectivity index (χ2v) is 0. The Balaban J connectivity index is -0.00000000900. The molecule has 0 spiro atoms. The van der Waals surface area contributed by atoms with Crippen LogP contribution in [0.3, 0.4) is 0 Å². The Hall–Kier alpha value is -0.842. The number of rotatable bonds is 0. The van der Waals surface area contributed by atoms with Crippen LogP contribution in [0.1, 0.15) is 0 Å². The van der Waals surface area contributed by atoms with Crippen molar-refractivity contribution in [3.8, 4) is 0 Å². The minimum absolute atomic E-state index is 0. The molecule has 0 heterocycles. The van der Waals surface area contributed by atoms with Gasteiger partial charge < -0.3 is 35.5 Å². The van der Waals surface area contributed by atoms with Crippen molar-refractivity contribution in [2.45, 2.75) is 0 Å². The van der Waals surface area contributed by atoms with Crippen LogP contribution < -0.4 is 0 Å². The van der Waals surface area contributed by atoms with E-state index in [1.807, 2.05) is 0 Å². The Morgan fingerprint density at radius 2 is 0.571 bits per heavy atom. The van der Waals surface area contributed by atoms with Crippen molar-refractivity contribution in [3.63, 3.8) is 0 Å². The Bertz CT molecular complexity index is 38.7. The van der Waals surface area contributed by atoms with Gasteiger partial charge in [-0.15, -0.1) is 0 Å². The summed E-state index contributed by atoms with van der Waals surface area (Å²) >= 11 is 0. The molecule has 0 unspecified atom stereocenters. The normalized spacial score (nSPS) is 0.857. The Morgan fingerprint density at radius 1 is 0.571 bits per heavy atom. The van der Waals surface area contributed by atoms with Gasteiger partial charge in [-0.05, 0) is 0 Å². The molecule has 0 saturated heterocycles. The van der Waals surface area contributed by atoms with E-state index < -0.39 is 0 Å². The van der Waals surface area contributed by atoms with Crippen molar-refractivity contribution in [1.29, 1.82) is 15.8 Å². The van der Waals surface area contributed by atoms with E-state index in [-0.39, 0.29) is 21.1 Å². The van der Waals surface area contributed by atoms with Crippen molar-refractivity contribution >= 4 is 0 Å². The first-order valence-electron chi connectivity index (χ1n) is 0.671. The summed E-state index contributed by atoms with van der Waals surface area (Å²) < 4.78 is 0. The van der Waals surface area contributed by atoms with Gasteiger partial charge in [-0.3, -0.25) is 0 Å². The van der Waals surface area contributed by atoms with Crippen molar-refractivity contribution in [2.75, 3.05) is 0 Å². The molecule has 0 aromatic rings. The van der Waals surface area contributed by atoms with E-state index in [1.165, 1.54) is 0 Å². The summed E-state index contributed by atoms with van der Waals surface area (Å²) in [5.74, 6) is 0. The first-order valence-corrected chi connectivity index (χ1v) is 0.671. The SMILES string of the molecule is [C-]#N.[C-]#N.[C-]#N.[Mo+3]. The van der Waals surface area contributed by atoms with E-state index in [4.69, 9.17) is 35.5 Å². The molecule has 4 heteroatoms. The first-order chi connectivity index (χ1) is 3.00. The minimum Gasteiger partial charge on any atom is -0.512 e. The quantitative estimate of drug-likeness (QED) is 0.391. The second-order valence-electron chi connectivity index (χ2n) is 0. The average molecular weight is 174 g/mol. The molecular formula is C3MoN3. The maximum Gasteiger partial charge on any atom is 3.00 e. The maximum atomic E-state index is 6.25. The van der Waals surface area contributed by atoms with E-state index in [9.17, 15) is 0 Å². The smallest absolute Gasteiger partial charge is 0.512 e. The van der Waals surface area contributed by atoms with Crippen LogP contribution in [0.15, 0.2) is 0 Å². The van der Waals surface area contributed by atoms with Gasteiger partial charge in [0.15, 0.2) is 0 Å². The molecule has 0 bridgehead atoms. The zero-order valence-corrected chi connectivity index (χ0v) is 5.26. The maximum absolute atomic E-state index is 6.25. The van der Waals surface area contributed by atoms with E-state index in [0.29, 0.717) is 0 Å². The van der Waals surface area contributed by atoms with E-state index >= 15 is 0 Å². The topological polar surface area (TPSA) is 71.4 Å². The Labute approximate surface area is 57.0 Å². The summed E-state index contributed by atoms with van der Waals surface area (Å²) in [7, 11) is 0. The van der Waals surface area contributed by atoms with Crippen LogP contribution in [0.4, 0.5) is 0 Å². The van der Waals surface area contributed by atoms with Gasteiger partial charge in [0.1, 0.15) is 0 Å². The molecule has 0 N–H and O–H groups in total. The third-order valence-corrected chi connectivity index (χ3v) is 0. The molecular weight excluding hydrogens is 174 g/mol. The van der Waals surface area contributed by atoms with E-state index in [1.54, 1.807) is 0 Å². The summed E-state index contributed by atoms with van der Waals surface area (Å²) in [6.07, 6.45) is 0. The van der Waals surface area contributed by atoms with Gasteiger partial charge in [0.25, 0.3) is 0 Å². The molecule has 3 nitrogen and oxygen atoms in total. The molecule has 33 valence electrons. The van der Waals surface area contributed by atoms with Crippen LogP contribution in [-0.4, -0.2) is 0 Å². The average Bonchev–Trinajstić information content (AvgIpc) is 1.81. The zero-order valence-electron chi connectivity index (χ0n) is 3.25. The molecule has 0 aromatic carbocycles. The first kappa shape index (κ1) is 35.2. The molecule has 0 aliphatic carbocycles. The summed E-state index contributed by atoms with van der Waals surface area (Å²) in [5.41, 5.74) is 0. The van der Waals surface area contributed by atoms with Gasteiger partial charge in [-0.25, -0.2) is 0 Å². The molecule has 0 aromatic heterocycles. The third-order valence-electron chi connectivity index (χ3n) is 0. The van der Waals surface area contributed by atoms with Crippen LogP contribution in [0.5, 0.6) is 0 Å².